The number of phenolic OH excluding ortho intramolecular Hbond substituents is 2. The summed E-state index contributed by atoms with van der Waals surface area (Å²) in [5.41, 5.74) is 2.11. The molecule has 0 bridgehead atoms. The standard InChI is InChI=1S/C24H34O14S4/c25-21-13-17(5-1-9-39(27,28)29)23(18(14-21)6-2-10-40(30,31)32)24-19(7-3-11-41(33,34)35)15-22(26)16-20(24)8-4-12-42(36,37)38/h13-16,25-26H,1-12H2,(H,27,28,29)(H,30,31,32)(H,33,34,35)(H,36,37,38). The van der Waals surface area contributed by atoms with Crippen LogP contribution in [-0.2, 0) is 66.2 Å². The van der Waals surface area contributed by atoms with Crippen molar-refractivity contribution in [3.05, 3.63) is 46.5 Å². The minimum absolute atomic E-state index is 0.0232. The average Bonchev–Trinajstić information content (AvgIpc) is 2.76. The third-order valence-corrected chi connectivity index (χ3v) is 9.43. The van der Waals surface area contributed by atoms with Crippen LogP contribution in [0, 0.1) is 0 Å². The quantitative estimate of drug-likeness (QED) is 0.131. The lowest BCUT2D eigenvalue weighted by molar-refractivity contribution is 0.471. The monoisotopic (exact) mass is 674 g/mol. The average molecular weight is 675 g/mol. The summed E-state index contributed by atoms with van der Waals surface area (Å²) in [6.07, 6.45) is -0.505. The largest absolute Gasteiger partial charge is 0.508 e. The van der Waals surface area contributed by atoms with Crippen LogP contribution >= 0.6 is 0 Å². The van der Waals surface area contributed by atoms with Crippen molar-refractivity contribution in [2.75, 3.05) is 23.0 Å². The topological polar surface area (TPSA) is 258 Å². The van der Waals surface area contributed by atoms with Crippen molar-refractivity contribution in [1.29, 1.82) is 0 Å². The van der Waals surface area contributed by atoms with Gasteiger partial charge < -0.3 is 10.2 Å². The highest BCUT2D eigenvalue weighted by molar-refractivity contribution is 7.86. The van der Waals surface area contributed by atoms with E-state index in [2.05, 4.69) is 0 Å². The van der Waals surface area contributed by atoms with Crippen LogP contribution in [0.15, 0.2) is 24.3 Å². The van der Waals surface area contributed by atoms with Crippen molar-refractivity contribution in [3.8, 4) is 22.6 Å². The van der Waals surface area contributed by atoms with Crippen molar-refractivity contribution in [3.63, 3.8) is 0 Å². The smallest absolute Gasteiger partial charge is 0.264 e. The number of hydrogen-bond acceptors (Lipinski definition) is 10. The fourth-order valence-electron chi connectivity index (χ4n) is 4.71. The lowest BCUT2D eigenvalue weighted by Gasteiger charge is -2.23. The van der Waals surface area contributed by atoms with Gasteiger partial charge >= 0.3 is 0 Å². The Balaban J connectivity index is 2.80. The molecule has 6 N–H and O–H groups in total. The van der Waals surface area contributed by atoms with E-state index >= 15 is 0 Å². The van der Waals surface area contributed by atoms with E-state index in [-0.39, 0.29) is 62.9 Å². The first kappa shape index (κ1) is 35.9. The fraction of sp³-hybridized carbons (Fsp3) is 0.500. The van der Waals surface area contributed by atoms with Crippen molar-refractivity contribution >= 4 is 40.5 Å². The minimum Gasteiger partial charge on any atom is -0.508 e. The highest BCUT2D eigenvalue weighted by atomic mass is 32.2. The maximum Gasteiger partial charge on any atom is 0.264 e. The van der Waals surface area contributed by atoms with Gasteiger partial charge in [-0.15, -0.1) is 0 Å². The second-order valence-corrected chi connectivity index (χ2v) is 16.1. The first-order valence-corrected chi connectivity index (χ1v) is 19.1. The number of aromatic hydroxyl groups is 2. The third kappa shape index (κ3) is 13.3. The SMILES string of the molecule is O=S(=O)(O)CCCc1cc(O)cc(CCCS(=O)(=O)O)c1-c1c(CCCS(=O)(=O)O)cc(O)cc1CCCS(=O)(=O)O. The van der Waals surface area contributed by atoms with Gasteiger partial charge in [0.05, 0.1) is 23.0 Å². The lowest BCUT2D eigenvalue weighted by atomic mass is 9.83. The van der Waals surface area contributed by atoms with Crippen molar-refractivity contribution < 1.29 is 62.1 Å². The van der Waals surface area contributed by atoms with Crippen LogP contribution in [0.4, 0.5) is 0 Å². The molecular formula is C24H34O14S4. The van der Waals surface area contributed by atoms with Crippen LogP contribution in [0.3, 0.4) is 0 Å². The number of aryl methyl sites for hydroxylation is 4. The molecule has 2 aromatic rings. The predicted molar refractivity (Wildman–Crippen MR) is 154 cm³/mol. The molecule has 0 aliphatic rings. The molecule has 0 saturated heterocycles. The summed E-state index contributed by atoms with van der Waals surface area (Å²) in [6, 6.07) is 5.29. The Morgan fingerprint density at radius 1 is 0.405 bits per heavy atom. The van der Waals surface area contributed by atoms with Gasteiger partial charge in [-0.3, -0.25) is 18.2 Å². The Morgan fingerprint density at radius 3 is 0.762 bits per heavy atom. The molecule has 0 amide bonds. The second-order valence-electron chi connectivity index (χ2n) is 9.84. The van der Waals surface area contributed by atoms with E-state index < -0.39 is 63.5 Å². The van der Waals surface area contributed by atoms with Gasteiger partial charge in [0, 0.05) is 0 Å². The highest BCUT2D eigenvalue weighted by Crippen LogP contribution is 2.40. The summed E-state index contributed by atoms with van der Waals surface area (Å²) in [5.74, 6) is -3.03. The van der Waals surface area contributed by atoms with Gasteiger partial charge in [0.15, 0.2) is 0 Å². The first-order valence-electron chi connectivity index (χ1n) is 12.6. The summed E-state index contributed by atoms with van der Waals surface area (Å²) in [7, 11) is -17.4. The van der Waals surface area contributed by atoms with Gasteiger partial charge in [-0.05, 0) is 109 Å². The molecule has 0 unspecified atom stereocenters. The summed E-state index contributed by atoms with van der Waals surface area (Å²) in [5, 5.41) is 20.9. The van der Waals surface area contributed by atoms with E-state index in [1.54, 1.807) is 0 Å². The van der Waals surface area contributed by atoms with Crippen LogP contribution in [0.1, 0.15) is 47.9 Å². The van der Waals surface area contributed by atoms with E-state index in [1.807, 2.05) is 0 Å². The van der Waals surface area contributed by atoms with Crippen molar-refractivity contribution in [1.82, 2.24) is 0 Å². The van der Waals surface area contributed by atoms with Crippen molar-refractivity contribution in [2.45, 2.75) is 51.4 Å². The molecule has 0 atom stereocenters. The Morgan fingerprint density at radius 2 is 0.595 bits per heavy atom. The molecule has 238 valence electrons. The Labute approximate surface area is 245 Å². The molecule has 14 nitrogen and oxygen atoms in total. The van der Waals surface area contributed by atoms with Gasteiger partial charge in [-0.25, -0.2) is 0 Å². The molecular weight excluding hydrogens is 641 g/mol. The molecule has 0 heterocycles. The molecule has 18 heteroatoms. The lowest BCUT2D eigenvalue weighted by Crippen LogP contribution is -2.10. The molecule has 0 aliphatic carbocycles. The van der Waals surface area contributed by atoms with Crippen LogP contribution in [0.2, 0.25) is 0 Å². The third-order valence-electron chi connectivity index (χ3n) is 6.22. The van der Waals surface area contributed by atoms with E-state index in [9.17, 15) is 62.1 Å². The molecule has 0 aromatic heterocycles. The maximum absolute atomic E-state index is 11.3. The Kier molecular flexibility index (Phi) is 12.3. The van der Waals surface area contributed by atoms with Gasteiger partial charge in [-0.2, -0.15) is 33.7 Å². The number of hydrogen-bond donors (Lipinski definition) is 6. The number of phenols is 2. The fourth-order valence-corrected chi connectivity index (χ4v) is 6.75. The van der Waals surface area contributed by atoms with Gasteiger partial charge in [0.2, 0.25) is 0 Å². The number of benzene rings is 2. The van der Waals surface area contributed by atoms with Crippen LogP contribution in [0.5, 0.6) is 11.5 Å². The maximum atomic E-state index is 11.3. The molecule has 0 aliphatic heterocycles. The van der Waals surface area contributed by atoms with Crippen molar-refractivity contribution in [2.24, 2.45) is 0 Å². The van der Waals surface area contributed by atoms with E-state index in [0.717, 1.165) is 0 Å². The molecule has 2 rings (SSSR count). The molecule has 2 aromatic carbocycles. The summed E-state index contributed by atoms with van der Waals surface area (Å²) < 4.78 is 128. The summed E-state index contributed by atoms with van der Waals surface area (Å²) in [6.45, 7) is 0. The zero-order valence-electron chi connectivity index (χ0n) is 22.4. The normalized spacial score (nSPS) is 13.0. The van der Waals surface area contributed by atoms with Crippen LogP contribution < -0.4 is 0 Å². The Bertz CT molecular complexity index is 1450. The number of rotatable bonds is 17. The molecule has 0 saturated carbocycles. The molecule has 0 radical (unpaired) electrons. The second kappa shape index (κ2) is 14.4. The van der Waals surface area contributed by atoms with E-state index in [1.165, 1.54) is 24.3 Å². The summed E-state index contributed by atoms with van der Waals surface area (Å²) >= 11 is 0. The predicted octanol–water partition coefficient (Wildman–Crippen LogP) is 2.05. The molecule has 0 spiro atoms. The highest BCUT2D eigenvalue weighted by Gasteiger charge is 2.22. The Hall–Kier alpha value is -2.32. The van der Waals surface area contributed by atoms with E-state index in [4.69, 9.17) is 0 Å². The minimum atomic E-state index is -4.35. The van der Waals surface area contributed by atoms with Gasteiger partial charge in [-0.1, -0.05) is 0 Å². The van der Waals surface area contributed by atoms with Crippen LogP contribution in [0.25, 0.3) is 11.1 Å². The van der Waals surface area contributed by atoms with E-state index in [0.29, 0.717) is 33.4 Å². The summed E-state index contributed by atoms with van der Waals surface area (Å²) in [4.78, 5) is 0. The van der Waals surface area contributed by atoms with Gasteiger partial charge in [0.25, 0.3) is 40.5 Å². The van der Waals surface area contributed by atoms with Gasteiger partial charge in [0.1, 0.15) is 11.5 Å². The first-order chi connectivity index (χ1) is 19.1. The zero-order chi connectivity index (χ0) is 31.9. The zero-order valence-corrected chi connectivity index (χ0v) is 25.6. The molecule has 42 heavy (non-hydrogen) atoms. The van der Waals surface area contributed by atoms with Crippen LogP contribution in [-0.4, -0.2) is 85.1 Å². The molecule has 0 fully saturated rings.